The van der Waals surface area contributed by atoms with Gasteiger partial charge in [-0.25, -0.2) is 0 Å². The van der Waals surface area contributed by atoms with Crippen molar-refractivity contribution in [3.05, 3.63) is 12.2 Å². The van der Waals surface area contributed by atoms with Crippen LogP contribution in [0.5, 0.6) is 0 Å². The molecule has 80 valence electrons. The molecule has 0 saturated carbocycles. The van der Waals surface area contributed by atoms with Crippen molar-refractivity contribution >= 4 is 0 Å². The highest BCUT2D eigenvalue weighted by atomic mass is 15.4. The number of hydrogen-bond donors (Lipinski definition) is 1. The van der Waals surface area contributed by atoms with Crippen LogP contribution in [0.25, 0.3) is 0 Å². The van der Waals surface area contributed by atoms with Gasteiger partial charge < -0.3 is 5.32 Å². The number of piperazine rings is 3. The molecule has 3 fully saturated rings. The Labute approximate surface area is 86.8 Å². The highest BCUT2D eigenvalue weighted by Gasteiger charge is 2.36. The first-order valence-corrected chi connectivity index (χ1v) is 5.51. The van der Waals surface area contributed by atoms with Crippen molar-refractivity contribution < 1.29 is 0 Å². The fourth-order valence-electron chi connectivity index (χ4n) is 2.74. The zero-order valence-corrected chi connectivity index (χ0v) is 9.29. The predicted molar refractivity (Wildman–Crippen MR) is 59.5 cm³/mol. The lowest BCUT2D eigenvalue weighted by Crippen LogP contribution is -2.66. The van der Waals surface area contributed by atoms with E-state index in [0.717, 1.165) is 0 Å². The average molecular weight is 195 g/mol. The Kier molecular flexibility index (Phi) is 2.91. The van der Waals surface area contributed by atoms with E-state index in [1.807, 2.05) is 7.05 Å². The van der Waals surface area contributed by atoms with Gasteiger partial charge in [0, 0.05) is 44.8 Å². The normalized spacial score (nSPS) is 38.3. The minimum absolute atomic E-state index is 0.457. The molecule has 0 aromatic rings. The molecule has 0 aromatic heterocycles. The number of nitrogens with zero attached hydrogens (tertiary/aromatic N) is 2. The highest BCUT2D eigenvalue weighted by Crippen LogP contribution is 2.20. The fourth-order valence-corrected chi connectivity index (χ4v) is 2.74. The van der Waals surface area contributed by atoms with Crippen LogP contribution in [-0.4, -0.2) is 61.7 Å². The summed E-state index contributed by atoms with van der Waals surface area (Å²) in [6, 6.07) is 1.10. The van der Waals surface area contributed by atoms with E-state index in [9.17, 15) is 0 Å². The second-order valence-corrected chi connectivity index (χ2v) is 4.52. The molecule has 2 atom stereocenters. The Morgan fingerprint density at radius 3 is 2.36 bits per heavy atom. The Balaban J connectivity index is 2.06. The van der Waals surface area contributed by atoms with E-state index >= 15 is 0 Å². The minimum Gasteiger partial charge on any atom is -0.312 e. The van der Waals surface area contributed by atoms with Crippen molar-refractivity contribution in [1.82, 2.24) is 15.1 Å². The number of nitrogens with one attached hydrogen (secondary N) is 1. The van der Waals surface area contributed by atoms with Gasteiger partial charge in [-0.2, -0.15) is 0 Å². The van der Waals surface area contributed by atoms with Crippen molar-refractivity contribution in [2.75, 3.05) is 39.8 Å². The van der Waals surface area contributed by atoms with Gasteiger partial charge in [0.25, 0.3) is 0 Å². The van der Waals surface area contributed by atoms with Crippen molar-refractivity contribution in [3.8, 4) is 0 Å². The lowest BCUT2D eigenvalue weighted by Gasteiger charge is -2.50. The van der Waals surface area contributed by atoms with Crippen LogP contribution in [0.15, 0.2) is 12.2 Å². The zero-order chi connectivity index (χ0) is 10.1. The van der Waals surface area contributed by atoms with Gasteiger partial charge in [-0.1, -0.05) is 12.2 Å². The van der Waals surface area contributed by atoms with E-state index in [1.165, 1.54) is 38.3 Å². The van der Waals surface area contributed by atoms with Crippen LogP contribution in [0, 0.1) is 0 Å². The van der Waals surface area contributed by atoms with Crippen LogP contribution in [0.3, 0.4) is 0 Å². The molecule has 0 aromatic carbocycles. The van der Waals surface area contributed by atoms with E-state index in [1.54, 1.807) is 0 Å². The summed E-state index contributed by atoms with van der Waals surface area (Å²) in [6.07, 6.45) is 0. The Morgan fingerprint density at radius 1 is 1.36 bits per heavy atom. The van der Waals surface area contributed by atoms with Gasteiger partial charge in [0.05, 0.1) is 0 Å². The monoisotopic (exact) mass is 195 g/mol. The summed E-state index contributed by atoms with van der Waals surface area (Å²) in [7, 11) is 2.04. The number of fused-ring (bicyclic) bond motifs is 3. The zero-order valence-electron chi connectivity index (χ0n) is 9.29. The maximum Gasteiger partial charge on any atom is 0.0442 e. The smallest absolute Gasteiger partial charge is 0.0442 e. The van der Waals surface area contributed by atoms with Crippen molar-refractivity contribution in [2.45, 2.75) is 19.0 Å². The lowest BCUT2D eigenvalue weighted by atomic mass is 9.96. The quantitative estimate of drug-likeness (QED) is 0.647. The largest absolute Gasteiger partial charge is 0.312 e. The number of rotatable bonds is 3. The summed E-state index contributed by atoms with van der Waals surface area (Å²) in [5.41, 5.74) is 1.26. The molecule has 3 saturated heterocycles. The molecular formula is C11H21N3. The van der Waals surface area contributed by atoms with E-state index in [2.05, 4.69) is 28.6 Å². The molecule has 3 nitrogen and oxygen atoms in total. The minimum atomic E-state index is 0.457. The van der Waals surface area contributed by atoms with Gasteiger partial charge in [-0.3, -0.25) is 9.80 Å². The molecule has 0 radical (unpaired) electrons. The first kappa shape index (κ1) is 10.1. The Hall–Kier alpha value is -0.380. The molecule has 1 N–H and O–H groups in total. The standard InChI is InChI=1S/C11H21N3/c1-9(2)11(12-3)10-8-13-4-6-14(10)7-5-13/h10-12H,1,4-8H2,2-3H3. The van der Waals surface area contributed by atoms with Gasteiger partial charge in [0.1, 0.15) is 0 Å². The first-order chi connectivity index (χ1) is 6.72. The van der Waals surface area contributed by atoms with Crippen LogP contribution >= 0.6 is 0 Å². The summed E-state index contributed by atoms with van der Waals surface area (Å²) >= 11 is 0. The molecule has 3 heterocycles. The summed E-state index contributed by atoms with van der Waals surface area (Å²) in [5.74, 6) is 0. The van der Waals surface area contributed by atoms with Gasteiger partial charge in [0.15, 0.2) is 0 Å². The molecule has 14 heavy (non-hydrogen) atoms. The Morgan fingerprint density at radius 2 is 2.00 bits per heavy atom. The van der Waals surface area contributed by atoms with Gasteiger partial charge >= 0.3 is 0 Å². The molecule has 0 amide bonds. The second-order valence-electron chi connectivity index (χ2n) is 4.52. The molecule has 3 aliphatic rings. The van der Waals surface area contributed by atoms with Crippen LogP contribution < -0.4 is 5.32 Å². The topological polar surface area (TPSA) is 18.5 Å². The predicted octanol–water partition coefficient (Wildman–Crippen LogP) is 0.150. The van der Waals surface area contributed by atoms with Crippen LogP contribution in [0.1, 0.15) is 6.92 Å². The maximum absolute atomic E-state index is 4.08. The summed E-state index contributed by atoms with van der Waals surface area (Å²) in [5, 5.41) is 3.39. The van der Waals surface area contributed by atoms with Crippen molar-refractivity contribution in [2.24, 2.45) is 0 Å². The van der Waals surface area contributed by atoms with Crippen LogP contribution in [0.4, 0.5) is 0 Å². The third kappa shape index (κ3) is 1.72. The average Bonchev–Trinajstić information content (AvgIpc) is 2.20. The molecule has 0 aliphatic carbocycles. The maximum atomic E-state index is 4.08. The van der Waals surface area contributed by atoms with Crippen LogP contribution in [0.2, 0.25) is 0 Å². The van der Waals surface area contributed by atoms with Crippen molar-refractivity contribution in [3.63, 3.8) is 0 Å². The molecule has 2 unspecified atom stereocenters. The number of likely N-dealkylation sites (N-methyl/N-ethyl adjacent to an activating group) is 1. The van der Waals surface area contributed by atoms with Gasteiger partial charge in [0.2, 0.25) is 0 Å². The molecule has 3 heteroatoms. The van der Waals surface area contributed by atoms with E-state index in [4.69, 9.17) is 0 Å². The summed E-state index contributed by atoms with van der Waals surface area (Å²) in [6.45, 7) is 12.4. The SMILES string of the molecule is C=C(C)C(NC)C1CN2CCN1CC2. The lowest BCUT2D eigenvalue weighted by molar-refractivity contribution is 0.00317. The molecule has 0 spiro atoms. The van der Waals surface area contributed by atoms with Crippen molar-refractivity contribution in [1.29, 1.82) is 0 Å². The van der Waals surface area contributed by atoms with Gasteiger partial charge in [-0.15, -0.1) is 0 Å². The number of hydrogen-bond acceptors (Lipinski definition) is 3. The third-order valence-corrected chi connectivity index (χ3v) is 3.55. The second kappa shape index (κ2) is 4.01. The van der Waals surface area contributed by atoms with Crippen LogP contribution in [-0.2, 0) is 0 Å². The highest BCUT2D eigenvalue weighted by molar-refractivity contribution is 5.10. The first-order valence-electron chi connectivity index (χ1n) is 5.51. The van der Waals surface area contributed by atoms with E-state index in [-0.39, 0.29) is 0 Å². The Bertz CT molecular complexity index is 219. The summed E-state index contributed by atoms with van der Waals surface area (Å²) in [4.78, 5) is 5.17. The van der Waals surface area contributed by atoms with E-state index < -0.39 is 0 Å². The summed E-state index contributed by atoms with van der Waals surface area (Å²) < 4.78 is 0. The fraction of sp³-hybridized carbons (Fsp3) is 0.818. The molecule has 2 bridgehead atoms. The molecule has 3 rings (SSSR count). The van der Waals surface area contributed by atoms with E-state index in [0.29, 0.717) is 12.1 Å². The third-order valence-electron chi connectivity index (χ3n) is 3.55. The van der Waals surface area contributed by atoms with Gasteiger partial charge in [-0.05, 0) is 14.0 Å². The molecular weight excluding hydrogens is 174 g/mol. The molecule has 3 aliphatic heterocycles.